The van der Waals surface area contributed by atoms with E-state index in [-0.39, 0.29) is 11.1 Å². The van der Waals surface area contributed by atoms with Crippen LogP contribution in [0.15, 0.2) is 47.5 Å². The number of hydrogen-bond donors (Lipinski definition) is 1. The first kappa shape index (κ1) is 12.0. The highest BCUT2D eigenvalue weighted by Gasteiger charge is 2.43. The van der Waals surface area contributed by atoms with Gasteiger partial charge < -0.3 is 9.88 Å². The molecule has 2 aromatic rings. The molecule has 0 unspecified atom stereocenters. The molecule has 0 atom stereocenters. The Bertz CT molecular complexity index is 617. The van der Waals surface area contributed by atoms with Gasteiger partial charge in [0, 0.05) is 19.4 Å². The van der Waals surface area contributed by atoms with Crippen molar-refractivity contribution in [1.29, 1.82) is 0 Å². The minimum Gasteiger partial charge on any atom is -0.345 e. The molecule has 1 N–H and O–H groups in total. The van der Waals surface area contributed by atoms with Gasteiger partial charge in [0.05, 0.1) is 5.54 Å². The van der Waals surface area contributed by atoms with Crippen LogP contribution in [-0.2, 0) is 5.54 Å². The lowest BCUT2D eigenvalue weighted by atomic mass is 9.70. The van der Waals surface area contributed by atoms with Crippen LogP contribution in [0, 0.1) is 0 Å². The van der Waals surface area contributed by atoms with Crippen LogP contribution in [0.2, 0.25) is 0 Å². The van der Waals surface area contributed by atoms with Crippen LogP contribution in [0.5, 0.6) is 0 Å². The fourth-order valence-corrected chi connectivity index (χ4v) is 2.86. The molecule has 0 radical (unpaired) electrons. The molecule has 98 valence electrons. The molecule has 19 heavy (non-hydrogen) atoms. The van der Waals surface area contributed by atoms with Crippen molar-refractivity contribution in [3.8, 4) is 0 Å². The number of benzene rings is 1. The third kappa shape index (κ3) is 1.84. The average molecular weight is 255 g/mol. The molecule has 0 bridgehead atoms. The first-order valence-electron chi connectivity index (χ1n) is 6.57. The van der Waals surface area contributed by atoms with E-state index >= 15 is 0 Å². The normalized spacial score (nSPS) is 16.7. The molecule has 1 aliphatic carbocycles. The van der Waals surface area contributed by atoms with Crippen LogP contribution < -0.4 is 10.5 Å². The summed E-state index contributed by atoms with van der Waals surface area (Å²) in [5, 5.41) is 0. The first-order valence-corrected chi connectivity index (χ1v) is 6.57. The standard InChI is InChI=1S/C15H17N3O/c1-18(13-14(19)17-11-10-16-13)15(8-5-9-15)12-6-3-2-4-7-12/h2-4,6-7,10-11H,5,8-9H2,1H3,(H,17,19). The molecular weight excluding hydrogens is 238 g/mol. The Balaban J connectivity index is 2.04. The number of aromatic nitrogens is 2. The van der Waals surface area contributed by atoms with E-state index in [1.54, 1.807) is 12.4 Å². The Labute approximate surface area is 112 Å². The molecule has 1 aromatic heterocycles. The van der Waals surface area contributed by atoms with Crippen molar-refractivity contribution < 1.29 is 0 Å². The van der Waals surface area contributed by atoms with E-state index in [1.165, 1.54) is 12.0 Å². The van der Waals surface area contributed by atoms with Gasteiger partial charge >= 0.3 is 0 Å². The van der Waals surface area contributed by atoms with Crippen molar-refractivity contribution >= 4 is 5.82 Å². The Morgan fingerprint density at radius 3 is 2.58 bits per heavy atom. The molecule has 1 heterocycles. The number of rotatable bonds is 3. The lowest BCUT2D eigenvalue weighted by Crippen LogP contribution is -2.51. The summed E-state index contributed by atoms with van der Waals surface area (Å²) < 4.78 is 0. The second-order valence-electron chi connectivity index (χ2n) is 5.05. The zero-order chi connectivity index (χ0) is 13.3. The van der Waals surface area contributed by atoms with Gasteiger partial charge in [0.2, 0.25) is 0 Å². The number of nitrogens with one attached hydrogen (secondary N) is 1. The fraction of sp³-hybridized carbons (Fsp3) is 0.333. The van der Waals surface area contributed by atoms with Crippen molar-refractivity contribution in [3.05, 3.63) is 58.6 Å². The van der Waals surface area contributed by atoms with Gasteiger partial charge in [-0.1, -0.05) is 30.3 Å². The van der Waals surface area contributed by atoms with Gasteiger partial charge in [-0.25, -0.2) is 4.98 Å². The summed E-state index contributed by atoms with van der Waals surface area (Å²) in [4.78, 5) is 20.9. The smallest absolute Gasteiger partial charge is 0.290 e. The van der Waals surface area contributed by atoms with Crippen LogP contribution >= 0.6 is 0 Å². The third-order valence-corrected chi connectivity index (χ3v) is 4.14. The van der Waals surface area contributed by atoms with Gasteiger partial charge in [-0.3, -0.25) is 4.79 Å². The number of anilines is 1. The molecule has 1 aromatic carbocycles. The van der Waals surface area contributed by atoms with Crippen molar-refractivity contribution in [2.45, 2.75) is 24.8 Å². The van der Waals surface area contributed by atoms with Crippen LogP contribution in [0.4, 0.5) is 5.82 Å². The lowest BCUT2D eigenvalue weighted by Gasteiger charge is -2.49. The summed E-state index contributed by atoms with van der Waals surface area (Å²) in [5.74, 6) is 0.492. The van der Waals surface area contributed by atoms with E-state index in [2.05, 4.69) is 22.1 Å². The average Bonchev–Trinajstić information content (AvgIpc) is 2.39. The molecule has 4 heteroatoms. The monoisotopic (exact) mass is 255 g/mol. The maximum Gasteiger partial charge on any atom is 0.290 e. The maximum absolute atomic E-state index is 11.9. The third-order valence-electron chi connectivity index (χ3n) is 4.14. The minimum atomic E-state index is -0.132. The molecule has 0 aliphatic heterocycles. The van der Waals surface area contributed by atoms with Crippen molar-refractivity contribution in [2.24, 2.45) is 0 Å². The molecule has 0 amide bonds. The summed E-state index contributed by atoms with van der Waals surface area (Å²) >= 11 is 0. The summed E-state index contributed by atoms with van der Waals surface area (Å²) in [7, 11) is 1.96. The Morgan fingerprint density at radius 2 is 2.00 bits per heavy atom. The van der Waals surface area contributed by atoms with Crippen molar-refractivity contribution in [1.82, 2.24) is 9.97 Å². The van der Waals surface area contributed by atoms with Gasteiger partial charge in [0.15, 0.2) is 5.82 Å². The van der Waals surface area contributed by atoms with Gasteiger partial charge in [0.25, 0.3) is 5.56 Å². The molecule has 0 spiro atoms. The summed E-state index contributed by atoms with van der Waals surface area (Å²) in [6.45, 7) is 0. The predicted octanol–water partition coefficient (Wildman–Crippen LogP) is 2.29. The zero-order valence-electron chi connectivity index (χ0n) is 11.0. The van der Waals surface area contributed by atoms with E-state index in [0.717, 1.165) is 12.8 Å². The van der Waals surface area contributed by atoms with Gasteiger partial charge in [0.1, 0.15) is 0 Å². The van der Waals surface area contributed by atoms with Gasteiger partial charge in [-0.15, -0.1) is 0 Å². The molecular formula is C15H17N3O. The molecule has 3 rings (SSSR count). The van der Waals surface area contributed by atoms with Gasteiger partial charge in [-0.2, -0.15) is 0 Å². The Morgan fingerprint density at radius 1 is 1.26 bits per heavy atom. The quantitative estimate of drug-likeness (QED) is 0.915. The van der Waals surface area contributed by atoms with Gasteiger partial charge in [-0.05, 0) is 24.8 Å². The maximum atomic E-state index is 11.9. The van der Waals surface area contributed by atoms with E-state index in [4.69, 9.17) is 0 Å². The SMILES string of the molecule is CN(c1ncc[nH]c1=O)C1(c2ccccc2)CCC1. The van der Waals surface area contributed by atoms with Crippen LogP contribution in [0.1, 0.15) is 24.8 Å². The van der Waals surface area contributed by atoms with E-state index in [1.807, 2.05) is 30.1 Å². The minimum absolute atomic E-state index is 0.0807. The zero-order valence-corrected chi connectivity index (χ0v) is 11.0. The second-order valence-corrected chi connectivity index (χ2v) is 5.05. The summed E-state index contributed by atoms with van der Waals surface area (Å²) in [5.41, 5.74) is 1.05. The number of nitrogens with zero attached hydrogens (tertiary/aromatic N) is 2. The van der Waals surface area contributed by atoms with Crippen LogP contribution in [0.3, 0.4) is 0 Å². The number of aromatic amines is 1. The molecule has 1 aliphatic rings. The molecule has 1 fully saturated rings. The topological polar surface area (TPSA) is 49.0 Å². The van der Waals surface area contributed by atoms with E-state index in [9.17, 15) is 4.79 Å². The van der Waals surface area contributed by atoms with E-state index < -0.39 is 0 Å². The highest BCUT2D eigenvalue weighted by atomic mass is 16.1. The largest absolute Gasteiger partial charge is 0.345 e. The fourth-order valence-electron chi connectivity index (χ4n) is 2.86. The van der Waals surface area contributed by atoms with Crippen LogP contribution in [-0.4, -0.2) is 17.0 Å². The number of hydrogen-bond acceptors (Lipinski definition) is 3. The number of H-pyrrole nitrogens is 1. The Kier molecular flexibility index (Phi) is 2.85. The van der Waals surface area contributed by atoms with Crippen LogP contribution in [0.25, 0.3) is 0 Å². The Hall–Kier alpha value is -2.10. The molecule has 1 saturated carbocycles. The molecule has 4 nitrogen and oxygen atoms in total. The molecule has 0 saturated heterocycles. The lowest BCUT2D eigenvalue weighted by molar-refractivity contribution is 0.239. The second kappa shape index (κ2) is 4.53. The van der Waals surface area contributed by atoms with E-state index in [0.29, 0.717) is 5.82 Å². The summed E-state index contributed by atoms with van der Waals surface area (Å²) in [6, 6.07) is 10.4. The van der Waals surface area contributed by atoms with Crippen molar-refractivity contribution in [3.63, 3.8) is 0 Å². The van der Waals surface area contributed by atoms with Crippen molar-refractivity contribution in [2.75, 3.05) is 11.9 Å². The predicted molar refractivity (Wildman–Crippen MR) is 75.2 cm³/mol. The highest BCUT2D eigenvalue weighted by molar-refractivity contribution is 5.45. The summed E-state index contributed by atoms with van der Waals surface area (Å²) in [6.07, 6.45) is 6.50. The highest BCUT2D eigenvalue weighted by Crippen LogP contribution is 2.46. The first-order chi connectivity index (χ1) is 9.24.